The minimum Gasteiger partial charge on any atom is -0.477 e. The molecule has 0 heterocycles. The highest BCUT2D eigenvalue weighted by atomic mass is 16.6. The summed E-state index contributed by atoms with van der Waals surface area (Å²) in [5.74, 6) is -1.48. The van der Waals surface area contributed by atoms with Crippen molar-refractivity contribution in [1.82, 2.24) is 0 Å². The van der Waals surface area contributed by atoms with Gasteiger partial charge in [-0.3, -0.25) is 9.59 Å². The number of ether oxygens (including phenoxy) is 3. The normalized spacial score (nSPS) is 13.1. The fraction of sp³-hybridized carbons (Fsp3) is 0.833. The van der Waals surface area contributed by atoms with Crippen LogP contribution in [0.3, 0.4) is 0 Å². The van der Waals surface area contributed by atoms with Crippen molar-refractivity contribution in [2.75, 3.05) is 41.0 Å². The number of esters is 2. The summed E-state index contributed by atoms with van der Waals surface area (Å²) < 4.78 is 17.3. The molecule has 0 saturated heterocycles. The molecule has 2 unspecified atom stereocenters. The lowest BCUT2D eigenvalue weighted by Gasteiger charge is -2.31. The smallest absolute Gasteiger partial charge is 0.362 e. The summed E-state index contributed by atoms with van der Waals surface area (Å²) in [5.41, 5.74) is 0. The van der Waals surface area contributed by atoms with Crippen LogP contribution in [0.2, 0.25) is 0 Å². The van der Waals surface area contributed by atoms with E-state index in [2.05, 4.69) is 50.3 Å². The molecule has 0 radical (unpaired) electrons. The van der Waals surface area contributed by atoms with Crippen LogP contribution in [0, 0.1) is 0 Å². The molecule has 0 fully saturated rings. The highest BCUT2D eigenvalue weighted by molar-refractivity contribution is 5.72. The van der Waals surface area contributed by atoms with Gasteiger partial charge in [0.15, 0.2) is 12.1 Å². The molecule has 62 heavy (non-hydrogen) atoms. The van der Waals surface area contributed by atoms with Gasteiger partial charge in [-0.2, -0.15) is 0 Å². The van der Waals surface area contributed by atoms with Crippen molar-refractivity contribution in [3.05, 3.63) is 36.5 Å². The van der Waals surface area contributed by atoms with Gasteiger partial charge in [0.25, 0.3) is 0 Å². The molecule has 0 amide bonds. The molecule has 0 aliphatic heterocycles. The van der Waals surface area contributed by atoms with Gasteiger partial charge in [-0.25, -0.2) is 4.79 Å². The van der Waals surface area contributed by atoms with E-state index in [1.165, 1.54) is 141 Å². The summed E-state index contributed by atoms with van der Waals surface area (Å²) in [6.45, 7) is 4.72. The fourth-order valence-electron chi connectivity index (χ4n) is 7.71. The number of quaternary nitrogens is 1. The third-order valence-electron chi connectivity index (χ3n) is 11.8. The maximum absolute atomic E-state index is 12.8. The van der Waals surface area contributed by atoms with E-state index >= 15 is 0 Å². The Kier molecular flexibility index (Phi) is 43.3. The first kappa shape index (κ1) is 59.5. The molecule has 1 N–H and O–H groups in total. The Hall–Kier alpha value is -2.45. The number of rotatable bonds is 47. The van der Waals surface area contributed by atoms with Gasteiger partial charge in [-0.1, -0.05) is 185 Å². The number of likely N-dealkylation sites (N-methyl/N-ethyl adjacent to an activating group) is 1. The largest absolute Gasteiger partial charge is 0.477 e. The number of nitrogens with zero attached hydrogens (tertiary/aromatic N) is 1. The van der Waals surface area contributed by atoms with Gasteiger partial charge in [0.1, 0.15) is 6.61 Å². The van der Waals surface area contributed by atoms with Crippen molar-refractivity contribution in [2.45, 2.75) is 251 Å². The van der Waals surface area contributed by atoms with Crippen molar-refractivity contribution < 1.29 is 38.2 Å². The molecule has 0 aromatic carbocycles. The van der Waals surface area contributed by atoms with Gasteiger partial charge < -0.3 is 23.8 Å². The van der Waals surface area contributed by atoms with Crippen molar-refractivity contribution >= 4 is 17.9 Å². The summed E-state index contributed by atoms with van der Waals surface area (Å²) in [4.78, 5) is 37.1. The Morgan fingerprint density at radius 2 is 0.855 bits per heavy atom. The Morgan fingerprint density at radius 1 is 0.484 bits per heavy atom. The lowest BCUT2D eigenvalue weighted by molar-refractivity contribution is -0.887. The summed E-state index contributed by atoms with van der Waals surface area (Å²) >= 11 is 0. The van der Waals surface area contributed by atoms with Crippen molar-refractivity contribution in [3.8, 4) is 0 Å². The fourth-order valence-corrected chi connectivity index (χ4v) is 7.71. The van der Waals surface area contributed by atoms with Gasteiger partial charge in [0.2, 0.25) is 0 Å². The monoisotopic (exact) mass is 875 g/mol. The molecule has 8 nitrogen and oxygen atoms in total. The van der Waals surface area contributed by atoms with Crippen LogP contribution in [0.4, 0.5) is 0 Å². The topological polar surface area (TPSA) is 99.1 Å². The molecule has 0 aromatic rings. The Balaban J connectivity index is 4.19. The quantitative estimate of drug-likeness (QED) is 0.0281. The first-order valence-electron chi connectivity index (χ1n) is 26.0. The maximum Gasteiger partial charge on any atom is 0.362 e. The van der Waals surface area contributed by atoms with E-state index in [1.807, 2.05) is 21.1 Å². The van der Waals surface area contributed by atoms with Gasteiger partial charge >= 0.3 is 17.9 Å². The summed E-state index contributed by atoms with van der Waals surface area (Å²) in [7, 11) is 5.53. The second-order valence-corrected chi connectivity index (χ2v) is 18.8. The molecule has 0 aliphatic rings. The Bertz CT molecular complexity index is 1110. The zero-order chi connectivity index (χ0) is 45.6. The molecule has 0 rings (SSSR count). The summed E-state index contributed by atoms with van der Waals surface area (Å²) in [6, 6.07) is -0.617. The minimum absolute atomic E-state index is 0.0551. The van der Waals surface area contributed by atoms with Crippen LogP contribution in [-0.2, 0) is 28.6 Å². The number of allylic oxidation sites excluding steroid dienone is 6. The number of carboxylic acid groups (broad SMARTS) is 1. The van der Waals surface area contributed by atoms with E-state index in [9.17, 15) is 19.5 Å². The zero-order valence-electron chi connectivity index (χ0n) is 41.3. The van der Waals surface area contributed by atoms with Gasteiger partial charge in [-0.15, -0.1) is 0 Å². The van der Waals surface area contributed by atoms with Gasteiger partial charge in [0.05, 0.1) is 34.4 Å². The van der Waals surface area contributed by atoms with Crippen LogP contribution in [-0.4, -0.2) is 80.6 Å². The zero-order valence-corrected chi connectivity index (χ0v) is 41.3. The molecule has 0 saturated carbocycles. The van der Waals surface area contributed by atoms with Crippen LogP contribution < -0.4 is 0 Å². The van der Waals surface area contributed by atoms with Crippen molar-refractivity contribution in [1.29, 1.82) is 0 Å². The third-order valence-corrected chi connectivity index (χ3v) is 11.8. The van der Waals surface area contributed by atoms with E-state index in [-0.39, 0.29) is 36.2 Å². The average molecular weight is 875 g/mol. The summed E-state index contributed by atoms with van der Waals surface area (Å²) in [6.07, 6.45) is 53.4. The highest BCUT2D eigenvalue weighted by Gasteiger charge is 2.31. The predicted octanol–water partition coefficient (Wildman–Crippen LogP) is 15.0. The maximum atomic E-state index is 12.8. The molecule has 0 aliphatic carbocycles. The molecular formula is C54H100NO7+. The molecular weight excluding hydrogens is 775 g/mol. The van der Waals surface area contributed by atoms with Crippen molar-refractivity contribution in [3.63, 3.8) is 0 Å². The van der Waals surface area contributed by atoms with Gasteiger partial charge in [-0.05, 0) is 70.6 Å². The minimum atomic E-state index is -0.876. The van der Waals surface area contributed by atoms with E-state index in [4.69, 9.17) is 14.2 Å². The lowest BCUT2D eigenvalue weighted by atomic mass is 10.0. The Labute approximate surface area is 383 Å². The van der Waals surface area contributed by atoms with Crippen LogP contribution in [0.1, 0.15) is 239 Å². The number of carbonyl (C=O) groups excluding carboxylic acids is 2. The standard InChI is InChI=1S/C54H99NO7/c1-6-8-10-12-14-16-18-20-22-23-24-25-26-27-28-29-31-32-34-36-38-40-42-44-52(56)61-49-50(48-60-47-46-51(54(58)59)55(3,4)5)62-53(57)45-43-41-39-37-35-33-30-21-19-17-15-13-11-9-7-2/h15,17,21,23-24,30,50-51H,6-14,16,18-20,22,25-29,31-49H2,1-5H3/p+1/b17-15-,24-23-,30-21-. The lowest BCUT2D eigenvalue weighted by Crippen LogP contribution is -2.50. The second kappa shape index (κ2) is 45.1. The highest BCUT2D eigenvalue weighted by Crippen LogP contribution is 2.15. The number of aliphatic carboxylic acids is 1. The van der Waals surface area contributed by atoms with Crippen LogP contribution in [0.25, 0.3) is 0 Å². The van der Waals surface area contributed by atoms with E-state index in [0.29, 0.717) is 19.3 Å². The molecule has 0 bridgehead atoms. The van der Waals surface area contributed by atoms with Crippen molar-refractivity contribution in [2.24, 2.45) is 0 Å². The first-order valence-corrected chi connectivity index (χ1v) is 26.0. The number of carboxylic acids is 1. The predicted molar refractivity (Wildman–Crippen MR) is 261 cm³/mol. The van der Waals surface area contributed by atoms with Crippen LogP contribution >= 0.6 is 0 Å². The second-order valence-electron chi connectivity index (χ2n) is 18.8. The Morgan fingerprint density at radius 3 is 1.29 bits per heavy atom. The van der Waals surface area contributed by atoms with E-state index in [0.717, 1.165) is 64.2 Å². The number of hydrogen-bond donors (Lipinski definition) is 1. The van der Waals surface area contributed by atoms with Crippen LogP contribution in [0.15, 0.2) is 36.5 Å². The molecule has 362 valence electrons. The van der Waals surface area contributed by atoms with Gasteiger partial charge in [0, 0.05) is 19.3 Å². The first-order chi connectivity index (χ1) is 30.1. The number of carbonyl (C=O) groups is 3. The SMILES string of the molecule is CCCCC/C=C\C/C=C\CCCCCCCC(=O)OC(COCCC(C(=O)O)[N+](C)(C)C)COC(=O)CCCCCCCCCCCCC/C=C\CCCCCCCCCC. The summed E-state index contributed by atoms with van der Waals surface area (Å²) in [5, 5.41) is 9.65. The molecule has 0 aromatic heterocycles. The van der Waals surface area contributed by atoms with E-state index in [1.54, 1.807) is 0 Å². The molecule has 0 spiro atoms. The van der Waals surface area contributed by atoms with Crippen LogP contribution in [0.5, 0.6) is 0 Å². The van der Waals surface area contributed by atoms with E-state index < -0.39 is 18.1 Å². The number of unbranched alkanes of at least 4 members (excludes halogenated alkanes) is 27. The molecule has 8 heteroatoms. The molecule has 2 atom stereocenters. The number of hydrogen-bond acceptors (Lipinski definition) is 6. The average Bonchev–Trinajstić information content (AvgIpc) is 3.23. The third kappa shape index (κ3) is 42.8.